The Hall–Kier alpha value is -0.410. The fraction of sp³-hybridized carbons (Fsp3) is 1.00. The summed E-state index contributed by atoms with van der Waals surface area (Å²) in [5, 5.41) is 0. The van der Waals surface area contributed by atoms with Crippen LogP contribution in [0, 0.1) is 0 Å². The molecule has 28 heavy (non-hydrogen) atoms. The van der Waals surface area contributed by atoms with Crippen molar-refractivity contribution >= 4 is 0 Å². The summed E-state index contributed by atoms with van der Waals surface area (Å²) in [6.07, 6.45) is 1.09. The van der Waals surface area contributed by atoms with E-state index in [0.717, 1.165) is 19.6 Å². The molecule has 0 rings (SSSR count). The fourth-order valence-corrected chi connectivity index (χ4v) is 0.762. The number of ether oxygens (including phenoxy) is 5. The number of rotatable bonds is 12. The molecule has 5 nitrogen and oxygen atoms in total. The molecule has 0 atom stereocenters. The van der Waals surface area contributed by atoms with Crippen LogP contribution in [0.25, 0.3) is 0 Å². The van der Waals surface area contributed by atoms with Gasteiger partial charge < -0.3 is 23.7 Å². The molecule has 0 heterocycles. The zero-order chi connectivity index (χ0) is 15.9. The first-order chi connectivity index (χ1) is 9.83. The van der Waals surface area contributed by atoms with Gasteiger partial charge in [0.15, 0.2) is 0 Å². The SMILES string of the molecule is C.C.C.C.C.C.C.C.CCCOCCOC.COCCOCOCCF.FF. The molecule has 8 heteroatoms. The molecule has 0 aromatic heterocycles. The van der Waals surface area contributed by atoms with Crippen molar-refractivity contribution in [1.82, 2.24) is 0 Å². The topological polar surface area (TPSA) is 46.2 Å². The van der Waals surface area contributed by atoms with Gasteiger partial charge in [0.2, 0.25) is 0 Å². The van der Waals surface area contributed by atoms with E-state index in [0.29, 0.717) is 19.8 Å². The molecular formula is C20H59F3O5. The Morgan fingerprint density at radius 1 is 0.536 bits per heavy atom. The Labute approximate surface area is 178 Å². The molecule has 0 aromatic rings. The lowest BCUT2D eigenvalue weighted by molar-refractivity contribution is -0.0680. The summed E-state index contributed by atoms with van der Waals surface area (Å²) in [6, 6.07) is 0. The summed E-state index contributed by atoms with van der Waals surface area (Å²) in [5.74, 6) is 0. The molecule has 0 aromatic carbocycles. The molecule has 0 spiro atoms. The third-order valence-electron chi connectivity index (χ3n) is 1.60. The predicted molar refractivity (Wildman–Crippen MR) is 124 cm³/mol. The van der Waals surface area contributed by atoms with E-state index in [-0.39, 0.29) is 72.8 Å². The zero-order valence-corrected chi connectivity index (χ0v) is 12.5. The maximum Gasteiger partial charge on any atom is 0.146 e. The molecule has 190 valence electrons. The summed E-state index contributed by atoms with van der Waals surface area (Å²) in [5.41, 5.74) is 0. The van der Waals surface area contributed by atoms with Crippen LogP contribution in [0.1, 0.15) is 72.8 Å². The van der Waals surface area contributed by atoms with E-state index >= 15 is 0 Å². The van der Waals surface area contributed by atoms with Gasteiger partial charge in [-0.05, 0) is 6.42 Å². The van der Waals surface area contributed by atoms with Crippen molar-refractivity contribution in [3.63, 3.8) is 0 Å². The van der Waals surface area contributed by atoms with Gasteiger partial charge in [-0.1, -0.05) is 66.3 Å². The van der Waals surface area contributed by atoms with E-state index < -0.39 is 6.67 Å². The van der Waals surface area contributed by atoms with Gasteiger partial charge in [-0.2, -0.15) is 0 Å². The van der Waals surface area contributed by atoms with Crippen LogP contribution in [0.4, 0.5) is 13.5 Å². The summed E-state index contributed by atoms with van der Waals surface area (Å²) >= 11 is 0. The van der Waals surface area contributed by atoms with Crippen LogP contribution in [-0.4, -0.2) is 67.3 Å². The minimum absolute atomic E-state index is 0. The van der Waals surface area contributed by atoms with Crippen LogP contribution in [0.5, 0.6) is 0 Å². The van der Waals surface area contributed by atoms with Gasteiger partial charge in [-0.15, -0.1) is 0 Å². The van der Waals surface area contributed by atoms with Crippen molar-refractivity contribution in [1.29, 1.82) is 0 Å². The lowest BCUT2D eigenvalue weighted by Crippen LogP contribution is -2.06. The molecule has 0 unspecified atom stereocenters. The van der Waals surface area contributed by atoms with Crippen molar-refractivity contribution < 1.29 is 37.2 Å². The highest BCUT2D eigenvalue weighted by Gasteiger charge is 1.86. The van der Waals surface area contributed by atoms with E-state index in [1.165, 1.54) is 0 Å². The van der Waals surface area contributed by atoms with Crippen molar-refractivity contribution in [2.75, 3.05) is 67.3 Å². The van der Waals surface area contributed by atoms with Crippen molar-refractivity contribution in [2.24, 2.45) is 0 Å². The predicted octanol–water partition coefficient (Wildman–Crippen LogP) is 7.58. The Morgan fingerprint density at radius 3 is 1.21 bits per heavy atom. The van der Waals surface area contributed by atoms with Crippen LogP contribution in [0.2, 0.25) is 0 Å². The summed E-state index contributed by atoms with van der Waals surface area (Å²) in [4.78, 5) is 0. The Balaban J connectivity index is -0.0000000168. The average Bonchev–Trinajstić information content (AvgIpc) is 2.50. The minimum Gasteiger partial charge on any atom is -0.382 e. The molecule has 0 radical (unpaired) electrons. The lowest BCUT2D eigenvalue weighted by atomic mass is 10.5. The van der Waals surface area contributed by atoms with Gasteiger partial charge in [0.05, 0.1) is 33.0 Å². The van der Waals surface area contributed by atoms with Crippen molar-refractivity contribution in [3.05, 3.63) is 0 Å². The van der Waals surface area contributed by atoms with E-state index in [4.69, 9.17) is 28.1 Å². The number of methoxy groups -OCH3 is 2. The van der Waals surface area contributed by atoms with Gasteiger partial charge in [0.25, 0.3) is 0 Å². The lowest BCUT2D eigenvalue weighted by Gasteiger charge is -2.02. The molecule has 0 N–H and O–H groups in total. The van der Waals surface area contributed by atoms with Gasteiger partial charge in [0.1, 0.15) is 13.5 Å². The number of hydrogen-bond donors (Lipinski definition) is 0. The highest BCUT2D eigenvalue weighted by Crippen LogP contribution is 1.79. The molecule has 0 amide bonds. The molecule has 0 aliphatic carbocycles. The minimum atomic E-state index is -0.465. The van der Waals surface area contributed by atoms with Gasteiger partial charge in [0, 0.05) is 30.0 Å². The van der Waals surface area contributed by atoms with Crippen molar-refractivity contribution in [2.45, 2.75) is 72.8 Å². The normalized spacial score (nSPS) is 6.64. The maximum absolute atomic E-state index is 11.4. The van der Waals surface area contributed by atoms with Crippen LogP contribution >= 0.6 is 0 Å². The first-order valence-corrected chi connectivity index (χ1v) is 6.24. The molecule has 0 bridgehead atoms. The Kier molecular flexibility index (Phi) is 239. The standard InChI is InChI=1S/C6H13FO3.C6H14O2.8CH4.F2/c1-8-4-5-10-6-9-3-2-7;1-3-4-8-6-5-7-2;;;;;;;;;1-2/h2-6H2,1H3;3-6H2,1-2H3;8*1H4;. The average molecular weight is 437 g/mol. The second-order valence-electron chi connectivity index (χ2n) is 3.22. The highest BCUT2D eigenvalue weighted by atomic mass is 20.0. The smallest absolute Gasteiger partial charge is 0.146 e. The van der Waals surface area contributed by atoms with Crippen LogP contribution in [0.3, 0.4) is 0 Å². The molecule has 0 saturated heterocycles. The molecule has 0 aliphatic heterocycles. The van der Waals surface area contributed by atoms with E-state index in [9.17, 15) is 4.39 Å². The van der Waals surface area contributed by atoms with E-state index in [2.05, 4.69) is 11.7 Å². The fourth-order valence-electron chi connectivity index (χ4n) is 0.762. The number of alkyl halides is 1. The first kappa shape index (κ1) is 70.9. The molecule has 0 aliphatic rings. The molecule has 0 saturated carbocycles. The number of halogens is 3. The van der Waals surface area contributed by atoms with Gasteiger partial charge in [-0.25, -0.2) is 4.39 Å². The van der Waals surface area contributed by atoms with Gasteiger partial charge in [-0.3, -0.25) is 0 Å². The summed E-state index contributed by atoms with van der Waals surface area (Å²) in [6.45, 7) is 5.19. The molecular weight excluding hydrogens is 377 g/mol. The first-order valence-electron chi connectivity index (χ1n) is 6.24. The molecule has 0 fully saturated rings. The second-order valence-corrected chi connectivity index (χ2v) is 3.22. The quantitative estimate of drug-likeness (QED) is 0.233. The van der Waals surface area contributed by atoms with E-state index in [1.807, 2.05) is 0 Å². The third-order valence-corrected chi connectivity index (χ3v) is 1.60. The highest BCUT2D eigenvalue weighted by molar-refractivity contribution is 4.26. The summed E-state index contributed by atoms with van der Waals surface area (Å²) < 4.78 is 51.5. The van der Waals surface area contributed by atoms with Crippen molar-refractivity contribution in [3.8, 4) is 0 Å². The maximum atomic E-state index is 11.4. The van der Waals surface area contributed by atoms with E-state index in [1.54, 1.807) is 14.2 Å². The number of hydrogen-bond acceptors (Lipinski definition) is 5. The second kappa shape index (κ2) is 94.3. The zero-order valence-electron chi connectivity index (χ0n) is 12.5. The third kappa shape index (κ3) is 115. The van der Waals surface area contributed by atoms with Crippen LogP contribution < -0.4 is 0 Å². The largest absolute Gasteiger partial charge is 0.382 e. The van der Waals surface area contributed by atoms with Crippen LogP contribution in [0.15, 0.2) is 0 Å². The Bertz CT molecular complexity index is 124. The monoisotopic (exact) mass is 436 g/mol. The van der Waals surface area contributed by atoms with Gasteiger partial charge >= 0.3 is 0 Å². The summed E-state index contributed by atoms with van der Waals surface area (Å²) in [7, 11) is 3.26. The Morgan fingerprint density at radius 2 is 0.893 bits per heavy atom. The van der Waals surface area contributed by atoms with Crippen LogP contribution in [-0.2, 0) is 23.7 Å².